The van der Waals surface area contributed by atoms with Crippen LogP contribution in [0.5, 0.6) is 0 Å². The molecule has 0 aliphatic rings. The Hall–Kier alpha value is -2.30. The number of hydrogen-bond acceptors (Lipinski definition) is 4. The molecule has 3 heterocycles. The Kier molecular flexibility index (Phi) is 1.89. The minimum atomic E-state index is 0.806. The average Bonchev–Trinajstić information content (AvgIpc) is 2.72. The molecule has 5 nitrogen and oxygen atoms in total. The summed E-state index contributed by atoms with van der Waals surface area (Å²) in [6.07, 6.45) is 6.93. The number of rotatable bonds is 1. The molecule has 0 aliphatic heterocycles. The zero-order valence-corrected chi connectivity index (χ0v) is 8.70. The van der Waals surface area contributed by atoms with Crippen molar-refractivity contribution in [2.45, 2.75) is 6.92 Å². The van der Waals surface area contributed by atoms with E-state index in [9.17, 15) is 0 Å². The van der Waals surface area contributed by atoms with Crippen LogP contribution in [0.25, 0.3) is 16.9 Å². The smallest absolute Gasteiger partial charge is 0.164 e. The van der Waals surface area contributed by atoms with Crippen LogP contribution in [0.15, 0.2) is 37.1 Å². The van der Waals surface area contributed by atoms with Gasteiger partial charge in [-0.2, -0.15) is 5.10 Å². The first-order valence-electron chi connectivity index (χ1n) is 4.92. The Morgan fingerprint density at radius 3 is 3.00 bits per heavy atom. The van der Waals surface area contributed by atoms with E-state index in [-0.39, 0.29) is 0 Å². The van der Waals surface area contributed by atoms with Crippen molar-refractivity contribution in [1.82, 2.24) is 24.6 Å². The van der Waals surface area contributed by atoms with Crippen molar-refractivity contribution in [3.05, 3.63) is 42.7 Å². The summed E-state index contributed by atoms with van der Waals surface area (Å²) in [7, 11) is 0. The maximum Gasteiger partial charge on any atom is 0.164 e. The Morgan fingerprint density at radius 2 is 2.12 bits per heavy atom. The molecule has 0 radical (unpaired) electrons. The molecule has 0 bridgehead atoms. The van der Waals surface area contributed by atoms with Crippen LogP contribution in [0.1, 0.15) is 5.69 Å². The van der Waals surface area contributed by atoms with Gasteiger partial charge >= 0.3 is 0 Å². The average molecular weight is 211 g/mol. The maximum absolute atomic E-state index is 4.29. The van der Waals surface area contributed by atoms with Crippen molar-refractivity contribution in [2.75, 3.05) is 0 Å². The summed E-state index contributed by atoms with van der Waals surface area (Å²) in [5, 5.41) is 4.22. The molecule has 16 heavy (non-hydrogen) atoms. The minimum Gasteiger partial charge on any atom is -0.242 e. The van der Waals surface area contributed by atoms with Gasteiger partial charge in [0.1, 0.15) is 6.33 Å². The van der Waals surface area contributed by atoms with Crippen LogP contribution >= 0.6 is 0 Å². The van der Waals surface area contributed by atoms with E-state index in [0.717, 1.165) is 22.6 Å². The van der Waals surface area contributed by atoms with Crippen LogP contribution < -0.4 is 0 Å². The van der Waals surface area contributed by atoms with Crippen molar-refractivity contribution < 1.29 is 0 Å². The Bertz CT molecular complexity index is 643. The van der Waals surface area contributed by atoms with Crippen molar-refractivity contribution in [3.63, 3.8) is 0 Å². The van der Waals surface area contributed by atoms with Gasteiger partial charge in [-0.05, 0) is 19.1 Å². The first kappa shape index (κ1) is 8.96. The highest BCUT2D eigenvalue weighted by molar-refractivity contribution is 5.74. The lowest BCUT2D eigenvalue weighted by molar-refractivity contribution is 0.939. The summed E-state index contributed by atoms with van der Waals surface area (Å²) in [5.74, 6) is 0. The largest absolute Gasteiger partial charge is 0.242 e. The molecule has 3 aromatic rings. The summed E-state index contributed by atoms with van der Waals surface area (Å²) in [6, 6.07) is 3.76. The quantitative estimate of drug-likeness (QED) is 0.612. The highest BCUT2D eigenvalue weighted by Gasteiger charge is 2.08. The van der Waals surface area contributed by atoms with E-state index in [1.54, 1.807) is 23.2 Å². The normalized spacial score (nSPS) is 10.8. The second kappa shape index (κ2) is 3.37. The summed E-state index contributed by atoms with van der Waals surface area (Å²) in [5.41, 5.74) is 3.51. The van der Waals surface area contributed by atoms with Gasteiger partial charge in [-0.15, -0.1) is 0 Å². The molecular weight excluding hydrogens is 202 g/mol. The molecular formula is C11H9N5. The molecule has 0 saturated heterocycles. The molecule has 5 heteroatoms. The van der Waals surface area contributed by atoms with Gasteiger partial charge in [0, 0.05) is 18.1 Å². The summed E-state index contributed by atoms with van der Waals surface area (Å²) in [4.78, 5) is 12.6. The van der Waals surface area contributed by atoms with Gasteiger partial charge in [-0.1, -0.05) is 0 Å². The lowest BCUT2D eigenvalue weighted by Crippen LogP contribution is -1.90. The van der Waals surface area contributed by atoms with Gasteiger partial charge in [0.2, 0.25) is 0 Å². The highest BCUT2D eigenvalue weighted by atomic mass is 15.2. The van der Waals surface area contributed by atoms with E-state index < -0.39 is 0 Å². The number of aryl methyl sites for hydroxylation is 1. The standard InChI is InChI=1S/C11H9N5/c1-8-5-10(14-7-13-8)9-6-15-16-4-2-3-12-11(9)16/h2-7H,1H3. The molecule has 0 saturated carbocycles. The van der Waals surface area contributed by atoms with Crippen LogP contribution in [0, 0.1) is 6.92 Å². The predicted molar refractivity (Wildman–Crippen MR) is 58.8 cm³/mol. The van der Waals surface area contributed by atoms with Gasteiger partial charge < -0.3 is 0 Å². The fourth-order valence-corrected chi connectivity index (χ4v) is 1.61. The van der Waals surface area contributed by atoms with Crippen LogP contribution in [-0.2, 0) is 0 Å². The minimum absolute atomic E-state index is 0.806. The van der Waals surface area contributed by atoms with E-state index >= 15 is 0 Å². The lowest BCUT2D eigenvalue weighted by atomic mass is 10.2. The predicted octanol–water partition coefficient (Wildman–Crippen LogP) is 1.49. The second-order valence-corrected chi connectivity index (χ2v) is 3.49. The molecule has 0 unspecified atom stereocenters. The second-order valence-electron chi connectivity index (χ2n) is 3.49. The zero-order valence-electron chi connectivity index (χ0n) is 8.70. The first-order chi connectivity index (χ1) is 7.84. The van der Waals surface area contributed by atoms with Crippen LogP contribution in [0.4, 0.5) is 0 Å². The van der Waals surface area contributed by atoms with Crippen LogP contribution in [0.3, 0.4) is 0 Å². The monoisotopic (exact) mass is 211 g/mol. The van der Waals surface area contributed by atoms with Crippen molar-refractivity contribution in [2.24, 2.45) is 0 Å². The Balaban J connectivity index is 2.26. The lowest BCUT2D eigenvalue weighted by Gasteiger charge is -1.98. The van der Waals surface area contributed by atoms with Crippen molar-refractivity contribution in [1.29, 1.82) is 0 Å². The van der Waals surface area contributed by atoms with Crippen molar-refractivity contribution in [3.8, 4) is 11.3 Å². The van der Waals surface area contributed by atoms with Crippen LogP contribution in [0.2, 0.25) is 0 Å². The molecule has 0 spiro atoms. The molecule has 0 fully saturated rings. The van der Waals surface area contributed by atoms with E-state index in [4.69, 9.17) is 0 Å². The van der Waals surface area contributed by atoms with Gasteiger partial charge in [-0.3, -0.25) is 0 Å². The number of nitrogens with zero attached hydrogens (tertiary/aromatic N) is 5. The van der Waals surface area contributed by atoms with Gasteiger partial charge in [0.05, 0.1) is 17.5 Å². The number of fused-ring (bicyclic) bond motifs is 1. The van der Waals surface area contributed by atoms with E-state index in [0.29, 0.717) is 0 Å². The van der Waals surface area contributed by atoms with Crippen molar-refractivity contribution >= 4 is 5.65 Å². The van der Waals surface area contributed by atoms with Gasteiger partial charge in [0.15, 0.2) is 5.65 Å². The van der Waals surface area contributed by atoms with E-state index in [1.807, 2.05) is 25.3 Å². The topological polar surface area (TPSA) is 56.0 Å². The molecule has 0 atom stereocenters. The molecule has 0 amide bonds. The Morgan fingerprint density at radius 1 is 1.19 bits per heavy atom. The molecule has 78 valence electrons. The van der Waals surface area contributed by atoms with Crippen LogP contribution in [-0.4, -0.2) is 24.6 Å². The Labute approximate surface area is 91.8 Å². The number of aromatic nitrogens is 5. The van der Waals surface area contributed by atoms with Gasteiger partial charge in [-0.25, -0.2) is 19.5 Å². The molecule has 3 rings (SSSR count). The highest BCUT2D eigenvalue weighted by Crippen LogP contribution is 2.20. The SMILES string of the molecule is Cc1cc(-c2cnn3cccnc23)ncn1. The third-order valence-corrected chi connectivity index (χ3v) is 2.36. The third kappa shape index (κ3) is 1.33. The fourth-order valence-electron chi connectivity index (χ4n) is 1.61. The number of hydrogen-bond donors (Lipinski definition) is 0. The molecule has 0 aromatic carbocycles. The van der Waals surface area contributed by atoms with E-state index in [1.165, 1.54) is 0 Å². The summed E-state index contributed by atoms with van der Waals surface area (Å²) >= 11 is 0. The maximum atomic E-state index is 4.29. The fraction of sp³-hybridized carbons (Fsp3) is 0.0909. The third-order valence-electron chi connectivity index (χ3n) is 2.36. The van der Waals surface area contributed by atoms with E-state index in [2.05, 4.69) is 20.1 Å². The molecule has 0 N–H and O–H groups in total. The summed E-state index contributed by atoms with van der Waals surface area (Å²) < 4.78 is 1.73. The summed E-state index contributed by atoms with van der Waals surface area (Å²) in [6.45, 7) is 1.93. The zero-order chi connectivity index (χ0) is 11.0. The first-order valence-corrected chi connectivity index (χ1v) is 4.92. The molecule has 3 aromatic heterocycles. The molecule has 0 aliphatic carbocycles. The van der Waals surface area contributed by atoms with Gasteiger partial charge in [0.25, 0.3) is 0 Å².